The summed E-state index contributed by atoms with van der Waals surface area (Å²) in [6.07, 6.45) is 0. The Morgan fingerprint density at radius 1 is 1.19 bits per heavy atom. The van der Waals surface area contributed by atoms with Crippen molar-refractivity contribution in [3.8, 4) is 17.1 Å². The highest BCUT2D eigenvalue weighted by atomic mass is 79.9. The lowest BCUT2D eigenvalue weighted by atomic mass is 10.1. The van der Waals surface area contributed by atoms with Crippen molar-refractivity contribution in [2.45, 2.75) is 6.92 Å². The minimum Gasteiger partial charge on any atom is -0.398 e. The van der Waals surface area contributed by atoms with E-state index in [0.717, 1.165) is 21.3 Å². The molecule has 2 N–H and O–H groups in total. The number of aryl methyl sites for hydroxylation is 1. The van der Waals surface area contributed by atoms with E-state index >= 15 is 0 Å². The van der Waals surface area contributed by atoms with Crippen molar-refractivity contribution in [2.24, 2.45) is 0 Å². The van der Waals surface area contributed by atoms with Crippen molar-refractivity contribution < 1.29 is 0 Å². The van der Waals surface area contributed by atoms with Gasteiger partial charge in [0.15, 0.2) is 5.82 Å². The number of anilines is 1. The number of benzene rings is 2. The van der Waals surface area contributed by atoms with Gasteiger partial charge in [0.2, 0.25) is 0 Å². The van der Waals surface area contributed by atoms with Gasteiger partial charge >= 0.3 is 0 Å². The lowest BCUT2D eigenvalue weighted by molar-refractivity contribution is 0.789. The van der Waals surface area contributed by atoms with Gasteiger partial charge in [0.25, 0.3) is 0 Å². The first-order valence-electron chi connectivity index (χ1n) is 6.16. The van der Waals surface area contributed by atoms with Gasteiger partial charge < -0.3 is 5.73 Å². The summed E-state index contributed by atoms with van der Waals surface area (Å²) in [7, 11) is 0. The molecule has 3 aromatic rings. The number of nitrogens with zero attached hydrogens (tertiary/aromatic N) is 4. The number of rotatable bonds is 2. The Kier molecular flexibility index (Phi) is 3.65. The molecule has 0 atom stereocenters. The van der Waals surface area contributed by atoms with Crippen LogP contribution in [0.3, 0.4) is 0 Å². The molecule has 0 fully saturated rings. The van der Waals surface area contributed by atoms with E-state index < -0.39 is 0 Å². The van der Waals surface area contributed by atoms with E-state index in [1.165, 1.54) is 0 Å². The first-order valence-corrected chi connectivity index (χ1v) is 7.33. The summed E-state index contributed by atoms with van der Waals surface area (Å²) < 4.78 is 2.45. The molecule has 106 valence electrons. The largest absolute Gasteiger partial charge is 0.398 e. The maximum atomic E-state index is 5.97. The molecule has 0 spiro atoms. The van der Waals surface area contributed by atoms with Crippen molar-refractivity contribution in [1.29, 1.82) is 0 Å². The monoisotopic (exact) mass is 363 g/mol. The average molecular weight is 365 g/mol. The van der Waals surface area contributed by atoms with E-state index in [-0.39, 0.29) is 0 Å². The highest BCUT2D eigenvalue weighted by Crippen LogP contribution is 2.28. The highest BCUT2D eigenvalue weighted by molar-refractivity contribution is 9.10. The Morgan fingerprint density at radius 3 is 2.71 bits per heavy atom. The maximum absolute atomic E-state index is 5.97. The van der Waals surface area contributed by atoms with Crippen LogP contribution in [0, 0.1) is 6.92 Å². The summed E-state index contributed by atoms with van der Waals surface area (Å²) in [5.41, 5.74) is 9.34. The van der Waals surface area contributed by atoms with Crippen LogP contribution in [-0.2, 0) is 0 Å². The second kappa shape index (κ2) is 5.46. The molecule has 1 aromatic heterocycles. The molecular weight excluding hydrogens is 354 g/mol. The van der Waals surface area contributed by atoms with Gasteiger partial charge in [-0.05, 0) is 63.1 Å². The second-order valence-electron chi connectivity index (χ2n) is 4.58. The fourth-order valence-electron chi connectivity index (χ4n) is 1.96. The zero-order chi connectivity index (χ0) is 15.0. The minimum absolute atomic E-state index is 0.615. The molecule has 2 aromatic carbocycles. The number of halogens is 2. The third-order valence-electron chi connectivity index (χ3n) is 3.14. The molecule has 0 aliphatic carbocycles. The van der Waals surface area contributed by atoms with Crippen molar-refractivity contribution in [3.63, 3.8) is 0 Å². The van der Waals surface area contributed by atoms with Crippen LogP contribution in [0.25, 0.3) is 17.1 Å². The summed E-state index contributed by atoms with van der Waals surface area (Å²) in [5, 5.41) is 12.5. The molecule has 1 heterocycles. The molecule has 0 bridgehead atoms. The zero-order valence-corrected chi connectivity index (χ0v) is 13.4. The topological polar surface area (TPSA) is 69.6 Å². The number of aromatic nitrogens is 4. The summed E-state index contributed by atoms with van der Waals surface area (Å²) in [4.78, 5) is 0. The Morgan fingerprint density at radius 2 is 2.00 bits per heavy atom. The van der Waals surface area contributed by atoms with Crippen LogP contribution >= 0.6 is 27.5 Å². The van der Waals surface area contributed by atoms with Crippen molar-refractivity contribution in [3.05, 3.63) is 51.5 Å². The van der Waals surface area contributed by atoms with Gasteiger partial charge in [0, 0.05) is 20.7 Å². The predicted octanol–water partition coefficient (Wildman–Crippen LogP) is 3.64. The fourth-order valence-corrected chi connectivity index (χ4v) is 2.81. The number of nitrogen functional groups attached to an aromatic ring is 1. The summed E-state index contributed by atoms with van der Waals surface area (Å²) in [6, 6.07) is 11.2. The third kappa shape index (κ3) is 2.64. The summed E-state index contributed by atoms with van der Waals surface area (Å²) in [6.45, 7) is 1.96. The lowest BCUT2D eigenvalue weighted by Crippen LogP contribution is -2.01. The summed E-state index contributed by atoms with van der Waals surface area (Å²) in [5.74, 6) is 0.615. The Bertz CT molecular complexity index is 815. The van der Waals surface area contributed by atoms with Crippen LogP contribution in [0.15, 0.2) is 40.9 Å². The van der Waals surface area contributed by atoms with Crippen LogP contribution in [0.1, 0.15) is 5.56 Å². The Balaban J connectivity index is 2.14. The van der Waals surface area contributed by atoms with Crippen molar-refractivity contribution in [2.75, 3.05) is 5.73 Å². The van der Waals surface area contributed by atoms with E-state index in [9.17, 15) is 0 Å². The molecule has 0 saturated carbocycles. The van der Waals surface area contributed by atoms with Crippen molar-refractivity contribution in [1.82, 2.24) is 20.2 Å². The SMILES string of the molecule is Cc1ccc(-c2nnnn2-c2ccc(Cl)cc2Br)cc1N. The van der Waals surface area contributed by atoms with Crippen LogP contribution < -0.4 is 5.73 Å². The molecule has 0 aliphatic heterocycles. The fraction of sp³-hybridized carbons (Fsp3) is 0.0714. The maximum Gasteiger partial charge on any atom is 0.187 e. The van der Waals surface area contributed by atoms with Gasteiger partial charge in [-0.15, -0.1) is 5.10 Å². The average Bonchev–Trinajstić information content (AvgIpc) is 2.91. The molecule has 0 aliphatic rings. The predicted molar refractivity (Wildman–Crippen MR) is 86.4 cm³/mol. The van der Waals surface area contributed by atoms with Gasteiger partial charge in [-0.3, -0.25) is 0 Å². The molecule has 21 heavy (non-hydrogen) atoms. The molecular formula is C14H11BrClN5. The number of nitrogens with two attached hydrogens (primary N) is 1. The Hall–Kier alpha value is -1.92. The zero-order valence-electron chi connectivity index (χ0n) is 11.1. The molecule has 3 rings (SSSR count). The molecule has 0 amide bonds. The van der Waals surface area contributed by atoms with Gasteiger partial charge in [0.05, 0.1) is 5.69 Å². The molecule has 7 heteroatoms. The van der Waals surface area contributed by atoms with E-state index in [2.05, 4.69) is 31.5 Å². The molecule has 0 saturated heterocycles. The Labute approximate surface area is 134 Å². The second-order valence-corrected chi connectivity index (χ2v) is 5.87. The summed E-state index contributed by atoms with van der Waals surface area (Å²) >= 11 is 9.44. The first-order chi connectivity index (χ1) is 10.1. The molecule has 0 unspecified atom stereocenters. The van der Waals surface area contributed by atoms with Gasteiger partial charge in [-0.25, -0.2) is 0 Å². The quantitative estimate of drug-likeness (QED) is 0.705. The van der Waals surface area contributed by atoms with Crippen LogP contribution in [-0.4, -0.2) is 20.2 Å². The van der Waals surface area contributed by atoms with E-state index in [1.807, 2.05) is 31.2 Å². The van der Waals surface area contributed by atoms with Gasteiger partial charge in [0.1, 0.15) is 0 Å². The standard InChI is InChI=1S/C14H11BrClN5/c1-8-2-3-9(6-12(8)17)14-18-19-20-21(14)13-5-4-10(16)7-11(13)15/h2-7H,17H2,1H3. The number of hydrogen-bond acceptors (Lipinski definition) is 4. The lowest BCUT2D eigenvalue weighted by Gasteiger charge is -2.08. The van der Waals surface area contributed by atoms with Gasteiger partial charge in [-0.2, -0.15) is 4.68 Å². The number of tetrazole rings is 1. The third-order valence-corrected chi connectivity index (χ3v) is 4.02. The van der Waals surface area contributed by atoms with E-state index in [1.54, 1.807) is 16.8 Å². The van der Waals surface area contributed by atoms with E-state index in [4.69, 9.17) is 17.3 Å². The number of hydrogen-bond donors (Lipinski definition) is 1. The van der Waals surface area contributed by atoms with Crippen molar-refractivity contribution >= 4 is 33.2 Å². The minimum atomic E-state index is 0.615. The van der Waals surface area contributed by atoms with Crippen LogP contribution in [0.4, 0.5) is 5.69 Å². The normalized spacial score (nSPS) is 10.8. The highest BCUT2D eigenvalue weighted by Gasteiger charge is 2.14. The van der Waals surface area contributed by atoms with Crippen LogP contribution in [0.2, 0.25) is 5.02 Å². The smallest absolute Gasteiger partial charge is 0.187 e. The molecule has 0 radical (unpaired) electrons. The van der Waals surface area contributed by atoms with E-state index in [0.29, 0.717) is 16.5 Å². The first kappa shape index (κ1) is 14.0. The molecule has 5 nitrogen and oxygen atoms in total. The van der Waals surface area contributed by atoms with Crippen LogP contribution in [0.5, 0.6) is 0 Å². The van der Waals surface area contributed by atoms with Gasteiger partial charge in [-0.1, -0.05) is 23.7 Å².